The summed E-state index contributed by atoms with van der Waals surface area (Å²) >= 11 is 6.20. The van der Waals surface area contributed by atoms with Gasteiger partial charge in [-0.05, 0) is 50.1 Å². The summed E-state index contributed by atoms with van der Waals surface area (Å²) in [5.74, 6) is 1.50. The summed E-state index contributed by atoms with van der Waals surface area (Å²) in [4.78, 5) is 12.3. The fourth-order valence-corrected chi connectivity index (χ4v) is 2.67. The normalized spacial score (nSPS) is 10.3. The molecule has 0 aliphatic rings. The lowest BCUT2D eigenvalue weighted by Gasteiger charge is -2.13. The van der Waals surface area contributed by atoms with Crippen molar-refractivity contribution in [1.82, 2.24) is 5.32 Å². The second kappa shape index (κ2) is 9.92. The first kappa shape index (κ1) is 19.9. The van der Waals surface area contributed by atoms with Crippen LogP contribution in [0.4, 0.5) is 0 Å². The number of aryl methyl sites for hydroxylation is 1. The Morgan fingerprint density at radius 2 is 2.00 bits per heavy atom. The van der Waals surface area contributed by atoms with Crippen LogP contribution in [0.15, 0.2) is 36.4 Å². The van der Waals surface area contributed by atoms with E-state index in [0.29, 0.717) is 48.3 Å². The van der Waals surface area contributed by atoms with Crippen LogP contribution in [-0.4, -0.2) is 32.8 Å². The molecule has 6 heteroatoms. The minimum Gasteiger partial charge on any atom is -0.494 e. The molecule has 0 fully saturated rings. The summed E-state index contributed by atoms with van der Waals surface area (Å²) in [6.07, 6.45) is 0.696. The molecule has 0 radical (unpaired) electrons. The van der Waals surface area contributed by atoms with Gasteiger partial charge in [0.05, 0.1) is 25.3 Å². The van der Waals surface area contributed by atoms with Crippen molar-refractivity contribution in [3.05, 3.63) is 52.5 Å². The molecule has 0 aliphatic heterocycles. The zero-order valence-corrected chi connectivity index (χ0v) is 16.1. The molecular weight excluding hydrogens is 354 g/mol. The first-order valence-electron chi connectivity index (χ1n) is 8.53. The molecule has 0 aliphatic carbocycles. The highest BCUT2D eigenvalue weighted by atomic mass is 35.5. The summed E-state index contributed by atoms with van der Waals surface area (Å²) < 4.78 is 16.4. The number of hydrogen-bond donors (Lipinski definition) is 1. The van der Waals surface area contributed by atoms with Crippen LogP contribution in [0, 0.1) is 6.92 Å². The first-order valence-corrected chi connectivity index (χ1v) is 8.91. The quantitative estimate of drug-likeness (QED) is 0.663. The maximum Gasteiger partial charge on any atom is 0.251 e. The van der Waals surface area contributed by atoms with Gasteiger partial charge in [0.15, 0.2) is 11.5 Å². The van der Waals surface area contributed by atoms with Gasteiger partial charge in [-0.2, -0.15) is 0 Å². The van der Waals surface area contributed by atoms with Crippen LogP contribution < -0.4 is 19.5 Å². The third-order valence-corrected chi connectivity index (χ3v) is 3.93. The van der Waals surface area contributed by atoms with Crippen molar-refractivity contribution in [2.45, 2.75) is 20.3 Å². The van der Waals surface area contributed by atoms with Crippen molar-refractivity contribution < 1.29 is 19.0 Å². The lowest BCUT2D eigenvalue weighted by molar-refractivity contribution is 0.0951. The number of hydrogen-bond acceptors (Lipinski definition) is 4. The van der Waals surface area contributed by atoms with Gasteiger partial charge in [0.2, 0.25) is 0 Å². The average molecular weight is 378 g/mol. The van der Waals surface area contributed by atoms with E-state index in [9.17, 15) is 4.79 Å². The first-order chi connectivity index (χ1) is 12.5. The lowest BCUT2D eigenvalue weighted by Crippen LogP contribution is -2.25. The third kappa shape index (κ3) is 5.56. The van der Waals surface area contributed by atoms with E-state index in [2.05, 4.69) is 5.32 Å². The third-order valence-electron chi connectivity index (χ3n) is 3.65. The van der Waals surface area contributed by atoms with E-state index >= 15 is 0 Å². The van der Waals surface area contributed by atoms with Crippen LogP contribution in [0.5, 0.6) is 17.2 Å². The van der Waals surface area contributed by atoms with Gasteiger partial charge in [-0.25, -0.2) is 0 Å². The summed E-state index contributed by atoms with van der Waals surface area (Å²) in [6.45, 7) is 5.36. The highest BCUT2D eigenvalue weighted by Crippen LogP contribution is 2.36. The van der Waals surface area contributed by atoms with Gasteiger partial charge in [-0.1, -0.05) is 23.7 Å². The fourth-order valence-electron chi connectivity index (χ4n) is 2.41. The molecule has 2 rings (SSSR count). The summed E-state index contributed by atoms with van der Waals surface area (Å²) in [5.41, 5.74) is 1.58. The van der Waals surface area contributed by atoms with Crippen molar-refractivity contribution in [3.8, 4) is 17.2 Å². The zero-order valence-electron chi connectivity index (χ0n) is 15.3. The Bertz CT molecular complexity index is 749. The maximum atomic E-state index is 12.3. The molecule has 0 atom stereocenters. The minimum absolute atomic E-state index is 0.219. The Labute approximate surface area is 159 Å². The van der Waals surface area contributed by atoms with E-state index < -0.39 is 0 Å². The van der Waals surface area contributed by atoms with Crippen molar-refractivity contribution in [3.63, 3.8) is 0 Å². The van der Waals surface area contributed by atoms with Crippen molar-refractivity contribution >= 4 is 17.5 Å². The molecule has 1 amide bonds. The van der Waals surface area contributed by atoms with Gasteiger partial charge in [0.1, 0.15) is 5.75 Å². The average Bonchev–Trinajstić information content (AvgIpc) is 2.62. The Kier molecular flexibility index (Phi) is 7.60. The van der Waals surface area contributed by atoms with Crippen molar-refractivity contribution in [2.75, 3.05) is 26.9 Å². The number of carbonyl (C=O) groups is 1. The SMILES string of the molecule is CCOc1c(Cl)cc(C(=O)NCCCOc2cccc(C)c2)cc1OC. The summed E-state index contributed by atoms with van der Waals surface area (Å²) in [5, 5.41) is 3.20. The summed E-state index contributed by atoms with van der Waals surface area (Å²) in [6, 6.07) is 11.1. The van der Waals surface area contributed by atoms with Gasteiger partial charge >= 0.3 is 0 Å². The van der Waals surface area contributed by atoms with Crippen LogP contribution in [0.2, 0.25) is 5.02 Å². The van der Waals surface area contributed by atoms with Crippen LogP contribution in [-0.2, 0) is 0 Å². The molecular formula is C20H24ClNO4. The van der Waals surface area contributed by atoms with E-state index in [1.807, 2.05) is 38.1 Å². The Morgan fingerprint density at radius 1 is 1.19 bits per heavy atom. The topological polar surface area (TPSA) is 56.8 Å². The molecule has 0 unspecified atom stereocenters. The highest BCUT2D eigenvalue weighted by molar-refractivity contribution is 6.32. The predicted octanol–water partition coefficient (Wildman–Crippen LogP) is 4.25. The molecule has 0 saturated carbocycles. The molecule has 0 saturated heterocycles. The smallest absolute Gasteiger partial charge is 0.251 e. The van der Waals surface area contributed by atoms with Crippen molar-refractivity contribution in [2.24, 2.45) is 0 Å². The van der Waals surface area contributed by atoms with Crippen LogP contribution in [0.3, 0.4) is 0 Å². The Balaban J connectivity index is 1.85. The molecule has 0 bridgehead atoms. The number of ether oxygens (including phenoxy) is 3. The molecule has 0 spiro atoms. The molecule has 26 heavy (non-hydrogen) atoms. The molecule has 1 N–H and O–H groups in total. The molecule has 0 heterocycles. The number of methoxy groups -OCH3 is 1. The number of rotatable bonds is 9. The summed E-state index contributed by atoms with van der Waals surface area (Å²) in [7, 11) is 1.51. The van der Waals surface area contributed by atoms with Crippen LogP contribution in [0.1, 0.15) is 29.3 Å². The number of benzene rings is 2. The standard InChI is InChI=1S/C20H24ClNO4/c1-4-25-19-17(21)12-15(13-18(19)24-3)20(23)22-9-6-10-26-16-8-5-7-14(2)11-16/h5,7-8,11-13H,4,6,9-10H2,1-3H3,(H,22,23). The molecule has 5 nitrogen and oxygen atoms in total. The minimum atomic E-state index is -0.219. The number of carbonyl (C=O) groups excluding carboxylic acids is 1. The van der Waals surface area contributed by atoms with Gasteiger partial charge in [-0.15, -0.1) is 0 Å². The van der Waals surface area contributed by atoms with E-state index in [4.69, 9.17) is 25.8 Å². The predicted molar refractivity (Wildman–Crippen MR) is 103 cm³/mol. The molecule has 2 aromatic carbocycles. The van der Waals surface area contributed by atoms with Gasteiger partial charge in [0.25, 0.3) is 5.91 Å². The second-order valence-electron chi connectivity index (χ2n) is 5.70. The number of amides is 1. The van der Waals surface area contributed by atoms with Crippen LogP contribution >= 0.6 is 11.6 Å². The molecule has 0 aromatic heterocycles. The monoisotopic (exact) mass is 377 g/mol. The van der Waals surface area contributed by atoms with Gasteiger partial charge in [-0.3, -0.25) is 4.79 Å². The largest absolute Gasteiger partial charge is 0.494 e. The zero-order chi connectivity index (χ0) is 18.9. The van der Waals surface area contributed by atoms with Gasteiger partial charge in [0, 0.05) is 12.1 Å². The Hall–Kier alpha value is -2.40. The number of nitrogens with one attached hydrogen (secondary N) is 1. The van der Waals surface area contributed by atoms with E-state index in [-0.39, 0.29) is 5.91 Å². The van der Waals surface area contributed by atoms with E-state index in [1.54, 1.807) is 12.1 Å². The lowest BCUT2D eigenvalue weighted by atomic mass is 10.2. The molecule has 140 valence electrons. The van der Waals surface area contributed by atoms with E-state index in [0.717, 1.165) is 11.3 Å². The van der Waals surface area contributed by atoms with Gasteiger partial charge < -0.3 is 19.5 Å². The Morgan fingerprint density at radius 3 is 2.69 bits per heavy atom. The van der Waals surface area contributed by atoms with Crippen LogP contribution in [0.25, 0.3) is 0 Å². The highest BCUT2D eigenvalue weighted by Gasteiger charge is 2.15. The maximum absolute atomic E-state index is 12.3. The molecule has 2 aromatic rings. The fraction of sp³-hybridized carbons (Fsp3) is 0.350. The van der Waals surface area contributed by atoms with Crippen molar-refractivity contribution in [1.29, 1.82) is 0 Å². The second-order valence-corrected chi connectivity index (χ2v) is 6.10. The number of halogens is 1. The van der Waals surface area contributed by atoms with E-state index in [1.165, 1.54) is 7.11 Å².